The number of amidine groups is 1. The lowest BCUT2D eigenvalue weighted by Crippen LogP contribution is -2.35. The highest BCUT2D eigenvalue weighted by Gasteiger charge is 2.45. The predicted molar refractivity (Wildman–Crippen MR) is 115 cm³/mol. The molecule has 2 aromatic carbocycles. The first-order valence-electron chi connectivity index (χ1n) is 10.7. The molecule has 0 saturated heterocycles. The Morgan fingerprint density at radius 1 is 1.07 bits per heavy atom. The lowest BCUT2D eigenvalue weighted by molar-refractivity contribution is 0.233. The SMILES string of the molecule is COc1cc2c(cc1OCCCN1Cc3ccccc3C1)N=C(N)C21CCCC1. The molecule has 0 unspecified atom stereocenters. The minimum Gasteiger partial charge on any atom is -0.493 e. The highest BCUT2D eigenvalue weighted by atomic mass is 16.5. The average molecular weight is 392 g/mol. The molecule has 1 fully saturated rings. The van der Waals surface area contributed by atoms with Crippen molar-refractivity contribution >= 4 is 11.5 Å². The number of hydrogen-bond acceptors (Lipinski definition) is 5. The van der Waals surface area contributed by atoms with E-state index < -0.39 is 0 Å². The second-order valence-electron chi connectivity index (χ2n) is 8.49. The Morgan fingerprint density at radius 2 is 1.79 bits per heavy atom. The number of ether oxygens (including phenoxy) is 2. The fourth-order valence-electron chi connectivity index (χ4n) is 5.21. The van der Waals surface area contributed by atoms with Crippen molar-refractivity contribution in [1.82, 2.24) is 4.90 Å². The van der Waals surface area contributed by atoms with Gasteiger partial charge in [-0.15, -0.1) is 0 Å². The van der Waals surface area contributed by atoms with E-state index in [1.165, 1.54) is 29.5 Å². The molecule has 2 aliphatic heterocycles. The van der Waals surface area contributed by atoms with Crippen molar-refractivity contribution in [3.63, 3.8) is 0 Å². The number of rotatable bonds is 6. The third kappa shape index (κ3) is 3.18. The first kappa shape index (κ1) is 18.5. The normalized spacial score (nSPS) is 19.3. The Balaban J connectivity index is 1.23. The number of fused-ring (bicyclic) bond motifs is 3. The summed E-state index contributed by atoms with van der Waals surface area (Å²) in [6.45, 7) is 3.76. The molecule has 0 atom stereocenters. The van der Waals surface area contributed by atoms with Crippen LogP contribution in [-0.2, 0) is 18.5 Å². The van der Waals surface area contributed by atoms with E-state index in [1.807, 2.05) is 6.07 Å². The molecule has 2 heterocycles. The molecule has 0 radical (unpaired) electrons. The van der Waals surface area contributed by atoms with Crippen molar-refractivity contribution in [2.75, 3.05) is 20.3 Å². The van der Waals surface area contributed by atoms with Crippen LogP contribution in [0.3, 0.4) is 0 Å². The molecule has 29 heavy (non-hydrogen) atoms. The first-order chi connectivity index (χ1) is 14.2. The van der Waals surface area contributed by atoms with E-state index >= 15 is 0 Å². The third-order valence-corrected chi connectivity index (χ3v) is 6.77. The van der Waals surface area contributed by atoms with Gasteiger partial charge in [-0.25, -0.2) is 4.99 Å². The molecule has 0 aromatic heterocycles. The van der Waals surface area contributed by atoms with Crippen LogP contribution >= 0.6 is 0 Å². The zero-order valence-corrected chi connectivity index (χ0v) is 17.1. The summed E-state index contributed by atoms with van der Waals surface area (Å²) in [5.74, 6) is 2.31. The Kier molecular flexibility index (Phi) is 4.70. The molecule has 152 valence electrons. The van der Waals surface area contributed by atoms with Crippen LogP contribution in [0.5, 0.6) is 11.5 Å². The van der Waals surface area contributed by atoms with Gasteiger partial charge in [-0.05, 0) is 42.0 Å². The summed E-state index contributed by atoms with van der Waals surface area (Å²) in [6.07, 6.45) is 5.55. The fourth-order valence-corrected chi connectivity index (χ4v) is 5.21. The van der Waals surface area contributed by atoms with Gasteiger partial charge in [0.15, 0.2) is 11.5 Å². The molecule has 1 aliphatic carbocycles. The number of methoxy groups -OCH3 is 1. The van der Waals surface area contributed by atoms with Gasteiger partial charge in [0.05, 0.1) is 24.8 Å². The number of nitrogens with two attached hydrogens (primary N) is 1. The van der Waals surface area contributed by atoms with E-state index in [4.69, 9.17) is 15.2 Å². The van der Waals surface area contributed by atoms with Gasteiger partial charge < -0.3 is 15.2 Å². The maximum Gasteiger partial charge on any atom is 0.163 e. The highest BCUT2D eigenvalue weighted by molar-refractivity contribution is 6.00. The van der Waals surface area contributed by atoms with Crippen LogP contribution in [0.25, 0.3) is 0 Å². The maximum absolute atomic E-state index is 6.36. The summed E-state index contributed by atoms with van der Waals surface area (Å²) < 4.78 is 11.8. The van der Waals surface area contributed by atoms with Crippen LogP contribution < -0.4 is 15.2 Å². The maximum atomic E-state index is 6.36. The summed E-state index contributed by atoms with van der Waals surface area (Å²) in [7, 11) is 1.70. The van der Waals surface area contributed by atoms with Gasteiger partial charge in [0.2, 0.25) is 0 Å². The van der Waals surface area contributed by atoms with Crippen molar-refractivity contribution in [2.24, 2.45) is 10.7 Å². The summed E-state index contributed by atoms with van der Waals surface area (Å²) in [4.78, 5) is 7.16. The highest BCUT2D eigenvalue weighted by Crippen LogP contribution is 2.52. The second-order valence-corrected chi connectivity index (χ2v) is 8.49. The molecule has 5 rings (SSSR count). The van der Waals surface area contributed by atoms with Crippen LogP contribution in [-0.4, -0.2) is 31.0 Å². The summed E-state index contributed by atoms with van der Waals surface area (Å²) >= 11 is 0. The smallest absolute Gasteiger partial charge is 0.163 e. The van der Waals surface area contributed by atoms with E-state index in [-0.39, 0.29) is 5.41 Å². The second kappa shape index (κ2) is 7.38. The largest absolute Gasteiger partial charge is 0.493 e. The first-order valence-corrected chi connectivity index (χ1v) is 10.7. The van der Waals surface area contributed by atoms with Gasteiger partial charge in [-0.1, -0.05) is 37.1 Å². The van der Waals surface area contributed by atoms with E-state index in [0.29, 0.717) is 6.61 Å². The van der Waals surface area contributed by atoms with Gasteiger partial charge in [-0.3, -0.25) is 4.90 Å². The molecule has 3 aliphatic rings. The number of aliphatic imine (C=N–C) groups is 1. The van der Waals surface area contributed by atoms with Crippen LogP contribution in [0.2, 0.25) is 0 Å². The van der Waals surface area contributed by atoms with Gasteiger partial charge in [0.1, 0.15) is 5.84 Å². The fraction of sp³-hybridized carbons (Fsp3) is 0.458. The average Bonchev–Trinajstić information content (AvgIpc) is 3.44. The Bertz CT molecular complexity index is 922. The Labute approximate surface area is 172 Å². The minimum atomic E-state index is -0.0775. The molecule has 0 amide bonds. The van der Waals surface area contributed by atoms with E-state index in [0.717, 1.165) is 61.9 Å². The molecule has 2 aromatic rings. The van der Waals surface area contributed by atoms with E-state index in [1.54, 1.807) is 7.11 Å². The Hall–Kier alpha value is -2.53. The molecule has 0 bridgehead atoms. The van der Waals surface area contributed by atoms with Crippen molar-refractivity contribution < 1.29 is 9.47 Å². The van der Waals surface area contributed by atoms with Gasteiger partial charge in [0, 0.05) is 25.7 Å². The third-order valence-electron chi connectivity index (χ3n) is 6.77. The quantitative estimate of drug-likeness (QED) is 0.746. The predicted octanol–water partition coefficient (Wildman–Crippen LogP) is 4.29. The molecule has 5 heteroatoms. The molecule has 1 spiro atoms. The van der Waals surface area contributed by atoms with E-state index in [2.05, 4.69) is 40.2 Å². The number of benzene rings is 2. The minimum absolute atomic E-state index is 0.0775. The van der Waals surface area contributed by atoms with Gasteiger partial charge in [-0.2, -0.15) is 0 Å². The molecule has 1 saturated carbocycles. The monoisotopic (exact) mass is 391 g/mol. The van der Waals surface area contributed by atoms with Crippen LogP contribution in [0.15, 0.2) is 41.4 Å². The van der Waals surface area contributed by atoms with Crippen molar-refractivity contribution in [3.8, 4) is 11.5 Å². The van der Waals surface area contributed by atoms with Crippen LogP contribution in [0.4, 0.5) is 5.69 Å². The molecule has 5 nitrogen and oxygen atoms in total. The van der Waals surface area contributed by atoms with Crippen LogP contribution in [0, 0.1) is 0 Å². The molecular weight excluding hydrogens is 362 g/mol. The summed E-state index contributed by atoms with van der Waals surface area (Å²) in [6, 6.07) is 12.8. The number of hydrogen-bond donors (Lipinski definition) is 1. The van der Waals surface area contributed by atoms with Gasteiger partial charge in [0.25, 0.3) is 0 Å². The summed E-state index contributed by atoms with van der Waals surface area (Å²) in [5, 5.41) is 0. The summed E-state index contributed by atoms with van der Waals surface area (Å²) in [5.41, 5.74) is 11.3. The molecular formula is C24H29N3O2. The van der Waals surface area contributed by atoms with Crippen LogP contribution in [0.1, 0.15) is 48.8 Å². The standard InChI is InChI=1S/C24H29N3O2/c1-28-21-13-19-20(26-23(25)24(19)9-4-5-10-24)14-22(21)29-12-6-11-27-15-17-7-2-3-8-18(17)16-27/h2-3,7-8,13-14H,4-6,9-12,15-16H2,1H3,(H2,25,26). The zero-order valence-electron chi connectivity index (χ0n) is 17.1. The Morgan fingerprint density at radius 3 is 2.48 bits per heavy atom. The lowest BCUT2D eigenvalue weighted by atomic mass is 9.79. The lowest BCUT2D eigenvalue weighted by Gasteiger charge is -2.25. The zero-order chi connectivity index (χ0) is 19.8. The number of nitrogens with zero attached hydrogens (tertiary/aromatic N) is 2. The topological polar surface area (TPSA) is 60.1 Å². The van der Waals surface area contributed by atoms with Crippen molar-refractivity contribution in [2.45, 2.75) is 50.6 Å². The van der Waals surface area contributed by atoms with Crippen molar-refractivity contribution in [1.29, 1.82) is 0 Å². The van der Waals surface area contributed by atoms with E-state index in [9.17, 15) is 0 Å². The molecule has 2 N–H and O–H groups in total. The van der Waals surface area contributed by atoms with Gasteiger partial charge >= 0.3 is 0 Å². The van der Waals surface area contributed by atoms with Crippen molar-refractivity contribution in [3.05, 3.63) is 53.1 Å².